The summed E-state index contributed by atoms with van der Waals surface area (Å²) in [6, 6.07) is 10.5. The van der Waals surface area contributed by atoms with Crippen LogP contribution in [0.2, 0.25) is 0 Å². The normalized spacial score (nSPS) is 14.6. The highest BCUT2D eigenvalue weighted by molar-refractivity contribution is 5.71. The van der Waals surface area contributed by atoms with Crippen LogP contribution in [0.15, 0.2) is 55.1 Å². The van der Waals surface area contributed by atoms with Gasteiger partial charge in [0.2, 0.25) is 0 Å². The molecule has 0 saturated carbocycles. The van der Waals surface area contributed by atoms with Gasteiger partial charge in [0.05, 0.1) is 6.42 Å². The fraction of sp³-hybridized carbons (Fsp3) is 0.476. The van der Waals surface area contributed by atoms with Gasteiger partial charge in [0.1, 0.15) is 5.60 Å². The van der Waals surface area contributed by atoms with E-state index in [2.05, 4.69) is 36.6 Å². The van der Waals surface area contributed by atoms with Crippen molar-refractivity contribution in [1.29, 1.82) is 0 Å². The minimum absolute atomic E-state index is 0.0296. The van der Waals surface area contributed by atoms with Crippen LogP contribution in [-0.4, -0.2) is 29.1 Å². The zero-order chi connectivity index (χ0) is 18.2. The highest BCUT2D eigenvalue weighted by Gasteiger charge is 2.26. The Balaban J connectivity index is 2.98. The molecule has 0 bridgehead atoms. The van der Waals surface area contributed by atoms with Gasteiger partial charge in [0, 0.05) is 18.6 Å². The van der Waals surface area contributed by atoms with Crippen LogP contribution < -0.4 is 0 Å². The summed E-state index contributed by atoms with van der Waals surface area (Å²) in [6.07, 6.45) is 6.26. The van der Waals surface area contributed by atoms with Gasteiger partial charge in [0.15, 0.2) is 0 Å². The third kappa shape index (κ3) is 6.71. The lowest BCUT2D eigenvalue weighted by Crippen LogP contribution is -2.39. The number of allylic oxidation sites excluding steroid dienone is 1. The summed E-state index contributed by atoms with van der Waals surface area (Å²) in [5.41, 5.74) is 0.754. The first kappa shape index (κ1) is 20.2. The van der Waals surface area contributed by atoms with E-state index in [9.17, 15) is 4.79 Å². The summed E-state index contributed by atoms with van der Waals surface area (Å²) in [5, 5.41) is 0. The Morgan fingerprint density at radius 1 is 1.29 bits per heavy atom. The van der Waals surface area contributed by atoms with Gasteiger partial charge in [-0.25, -0.2) is 0 Å². The second-order valence-electron chi connectivity index (χ2n) is 6.96. The predicted molar refractivity (Wildman–Crippen MR) is 101 cm³/mol. The fourth-order valence-electron chi connectivity index (χ4n) is 2.72. The smallest absolute Gasteiger partial charge is 0.308 e. The molecule has 0 radical (unpaired) electrons. The van der Waals surface area contributed by atoms with Gasteiger partial charge in [-0.2, -0.15) is 0 Å². The standard InChI is InChI=1S/C21H31NO2/c1-7-12-19(16-20(23)24-21(4,5)6)22(15-8-2)17(3)18-13-10-9-11-14-18/h7-14,17,19H,2,15-16H2,1,3-6H3/b12-7+/t17-,19-/m1/s1. The van der Waals surface area contributed by atoms with Crippen molar-refractivity contribution < 1.29 is 9.53 Å². The molecule has 0 amide bonds. The number of rotatable bonds is 8. The number of hydrogen-bond acceptors (Lipinski definition) is 3. The maximum atomic E-state index is 12.3. The zero-order valence-electron chi connectivity index (χ0n) is 15.7. The molecule has 0 aliphatic carbocycles. The molecule has 0 aliphatic heterocycles. The molecule has 1 rings (SSSR count). The van der Waals surface area contributed by atoms with Crippen molar-refractivity contribution in [3.05, 3.63) is 60.7 Å². The fourth-order valence-corrected chi connectivity index (χ4v) is 2.72. The topological polar surface area (TPSA) is 29.5 Å². The molecule has 1 aromatic carbocycles. The summed E-state index contributed by atoms with van der Waals surface area (Å²) < 4.78 is 5.50. The second kappa shape index (κ2) is 9.43. The quantitative estimate of drug-likeness (QED) is 0.501. The summed E-state index contributed by atoms with van der Waals surface area (Å²) in [5.74, 6) is -0.181. The molecule has 24 heavy (non-hydrogen) atoms. The summed E-state index contributed by atoms with van der Waals surface area (Å²) in [4.78, 5) is 14.6. The van der Waals surface area contributed by atoms with Crippen LogP contribution in [0.25, 0.3) is 0 Å². The molecule has 0 fully saturated rings. The molecule has 0 N–H and O–H groups in total. The summed E-state index contributed by atoms with van der Waals surface area (Å²) in [7, 11) is 0. The Labute approximate surface area is 147 Å². The van der Waals surface area contributed by atoms with E-state index in [1.807, 2.05) is 58.0 Å². The van der Waals surface area contributed by atoms with Crippen LogP contribution in [0.3, 0.4) is 0 Å². The van der Waals surface area contributed by atoms with Gasteiger partial charge in [-0.3, -0.25) is 9.69 Å². The van der Waals surface area contributed by atoms with E-state index in [0.29, 0.717) is 13.0 Å². The number of hydrogen-bond donors (Lipinski definition) is 0. The molecule has 1 aromatic rings. The van der Waals surface area contributed by atoms with E-state index >= 15 is 0 Å². The highest BCUT2D eigenvalue weighted by atomic mass is 16.6. The van der Waals surface area contributed by atoms with Crippen LogP contribution in [0, 0.1) is 0 Å². The average molecular weight is 329 g/mol. The average Bonchev–Trinajstić information content (AvgIpc) is 2.50. The van der Waals surface area contributed by atoms with Crippen molar-refractivity contribution in [3.8, 4) is 0 Å². The maximum Gasteiger partial charge on any atom is 0.308 e. The Bertz CT molecular complexity index is 543. The lowest BCUT2D eigenvalue weighted by Gasteiger charge is -2.34. The zero-order valence-corrected chi connectivity index (χ0v) is 15.7. The van der Waals surface area contributed by atoms with Crippen molar-refractivity contribution in [1.82, 2.24) is 4.90 Å². The molecular weight excluding hydrogens is 298 g/mol. The largest absolute Gasteiger partial charge is 0.460 e. The summed E-state index contributed by atoms with van der Waals surface area (Å²) >= 11 is 0. The number of esters is 1. The van der Waals surface area contributed by atoms with E-state index < -0.39 is 5.60 Å². The molecule has 3 nitrogen and oxygen atoms in total. The Morgan fingerprint density at radius 2 is 1.92 bits per heavy atom. The lowest BCUT2D eigenvalue weighted by molar-refractivity contribution is -0.156. The number of nitrogens with zero attached hydrogens (tertiary/aromatic N) is 1. The van der Waals surface area contributed by atoms with E-state index in [1.165, 1.54) is 5.56 Å². The molecule has 2 atom stereocenters. The van der Waals surface area contributed by atoms with E-state index in [4.69, 9.17) is 4.74 Å². The van der Waals surface area contributed by atoms with Crippen LogP contribution in [0.5, 0.6) is 0 Å². The van der Waals surface area contributed by atoms with Crippen LogP contribution >= 0.6 is 0 Å². The number of carbonyl (C=O) groups excluding carboxylic acids is 1. The first-order chi connectivity index (χ1) is 11.3. The molecule has 0 aliphatic rings. The van der Waals surface area contributed by atoms with Gasteiger partial charge < -0.3 is 4.74 Å². The third-order valence-corrected chi connectivity index (χ3v) is 3.76. The van der Waals surface area contributed by atoms with E-state index in [1.54, 1.807) is 0 Å². The Kier molecular flexibility index (Phi) is 7.93. The van der Waals surface area contributed by atoms with Gasteiger partial charge in [-0.15, -0.1) is 6.58 Å². The molecule has 0 spiro atoms. The third-order valence-electron chi connectivity index (χ3n) is 3.76. The molecule has 132 valence electrons. The van der Waals surface area contributed by atoms with Gasteiger partial charge >= 0.3 is 5.97 Å². The van der Waals surface area contributed by atoms with Crippen LogP contribution in [0.4, 0.5) is 0 Å². The molecule has 0 aromatic heterocycles. The van der Waals surface area contributed by atoms with Crippen molar-refractivity contribution in [2.45, 2.75) is 58.7 Å². The molecular formula is C21H31NO2. The predicted octanol–water partition coefficient (Wildman–Crippen LogP) is 4.91. The van der Waals surface area contributed by atoms with Gasteiger partial charge in [-0.05, 0) is 40.2 Å². The minimum atomic E-state index is -0.466. The first-order valence-electron chi connectivity index (χ1n) is 8.54. The SMILES string of the molecule is C=CCN([C@H](/C=C/C)CC(=O)OC(C)(C)C)[C@H](C)c1ccccc1. The molecule has 0 unspecified atom stereocenters. The van der Waals surface area contributed by atoms with Crippen molar-refractivity contribution >= 4 is 5.97 Å². The highest BCUT2D eigenvalue weighted by Crippen LogP contribution is 2.25. The monoisotopic (exact) mass is 329 g/mol. The van der Waals surface area contributed by atoms with E-state index in [0.717, 1.165) is 0 Å². The summed E-state index contributed by atoms with van der Waals surface area (Å²) in [6.45, 7) is 14.4. The number of carbonyl (C=O) groups is 1. The number of ether oxygens (including phenoxy) is 1. The Morgan fingerprint density at radius 3 is 2.42 bits per heavy atom. The minimum Gasteiger partial charge on any atom is -0.460 e. The maximum absolute atomic E-state index is 12.3. The second-order valence-corrected chi connectivity index (χ2v) is 6.96. The number of benzene rings is 1. The van der Waals surface area contributed by atoms with Crippen molar-refractivity contribution in [3.63, 3.8) is 0 Å². The van der Waals surface area contributed by atoms with E-state index in [-0.39, 0.29) is 18.1 Å². The van der Waals surface area contributed by atoms with Crippen molar-refractivity contribution in [2.75, 3.05) is 6.54 Å². The molecule has 3 heteroatoms. The van der Waals surface area contributed by atoms with Gasteiger partial charge in [-0.1, -0.05) is 48.6 Å². The van der Waals surface area contributed by atoms with Crippen LogP contribution in [-0.2, 0) is 9.53 Å². The Hall–Kier alpha value is -1.87. The molecule has 0 heterocycles. The lowest BCUT2D eigenvalue weighted by atomic mass is 10.0. The first-order valence-corrected chi connectivity index (χ1v) is 8.54. The van der Waals surface area contributed by atoms with Crippen LogP contribution in [0.1, 0.15) is 52.6 Å². The molecule has 0 saturated heterocycles. The van der Waals surface area contributed by atoms with Gasteiger partial charge in [0.25, 0.3) is 0 Å². The van der Waals surface area contributed by atoms with Crippen molar-refractivity contribution in [2.24, 2.45) is 0 Å².